The van der Waals surface area contributed by atoms with Gasteiger partial charge in [0.25, 0.3) is 5.91 Å². The van der Waals surface area contributed by atoms with Crippen LogP contribution in [0.15, 0.2) is 5.51 Å². The summed E-state index contributed by atoms with van der Waals surface area (Å²) in [7, 11) is 1.51. The summed E-state index contributed by atoms with van der Waals surface area (Å²) in [4.78, 5) is 27.3. The Labute approximate surface area is 109 Å². The van der Waals surface area contributed by atoms with Crippen LogP contribution in [0.5, 0.6) is 0 Å². The van der Waals surface area contributed by atoms with E-state index in [2.05, 4.69) is 10.3 Å². The average molecular weight is 272 g/mol. The molecule has 0 aliphatic rings. The molecule has 0 aliphatic carbocycles. The number of amides is 1. The summed E-state index contributed by atoms with van der Waals surface area (Å²) in [5.74, 6) is -1.44. The van der Waals surface area contributed by atoms with E-state index in [4.69, 9.17) is 9.84 Å². The molecule has 0 saturated carbocycles. The number of carboxylic acid groups (broad SMARTS) is 1. The Morgan fingerprint density at radius 3 is 2.89 bits per heavy atom. The van der Waals surface area contributed by atoms with Gasteiger partial charge in [0, 0.05) is 7.11 Å². The molecule has 18 heavy (non-hydrogen) atoms. The number of methoxy groups -OCH3 is 1. The Hall–Kier alpha value is -1.47. The summed E-state index contributed by atoms with van der Waals surface area (Å²) in [5, 5.41) is 11.5. The molecule has 1 aromatic rings. The van der Waals surface area contributed by atoms with Gasteiger partial charge in [0.2, 0.25) is 0 Å². The summed E-state index contributed by atoms with van der Waals surface area (Å²) < 4.78 is 4.92. The Bertz CT molecular complexity index is 419. The summed E-state index contributed by atoms with van der Waals surface area (Å²) >= 11 is 1.17. The Morgan fingerprint density at radius 2 is 2.33 bits per heavy atom. The van der Waals surface area contributed by atoms with Gasteiger partial charge in [0.15, 0.2) is 0 Å². The number of nitrogens with zero attached hydrogens (tertiary/aromatic N) is 1. The summed E-state index contributed by atoms with van der Waals surface area (Å²) in [5.41, 5.74) is 2.07. The van der Waals surface area contributed by atoms with Crippen molar-refractivity contribution in [2.45, 2.75) is 32.4 Å². The lowest BCUT2D eigenvalue weighted by Gasteiger charge is -2.13. The lowest BCUT2D eigenvalue weighted by molar-refractivity contribution is -0.139. The highest BCUT2D eigenvalue weighted by Crippen LogP contribution is 2.14. The van der Waals surface area contributed by atoms with E-state index in [0.717, 1.165) is 0 Å². The first-order valence-electron chi connectivity index (χ1n) is 5.55. The minimum atomic E-state index is -1.02. The van der Waals surface area contributed by atoms with Crippen molar-refractivity contribution in [1.29, 1.82) is 0 Å². The molecule has 0 aliphatic heterocycles. The third-order valence-corrected chi connectivity index (χ3v) is 3.18. The third kappa shape index (κ3) is 3.78. The fourth-order valence-electron chi connectivity index (χ4n) is 1.46. The molecule has 100 valence electrons. The van der Waals surface area contributed by atoms with Crippen LogP contribution < -0.4 is 5.32 Å². The van der Waals surface area contributed by atoms with E-state index in [9.17, 15) is 9.59 Å². The standard InChI is InChI=1S/C11H16N2O4S/c1-3-4-7(11(15)16)13-10(14)9-8(5-17-2)12-6-18-9/h6-7H,3-5H2,1-2H3,(H,13,14)(H,15,16). The first-order chi connectivity index (χ1) is 8.60. The van der Waals surface area contributed by atoms with Crippen molar-refractivity contribution < 1.29 is 19.4 Å². The average Bonchev–Trinajstić information content (AvgIpc) is 2.77. The van der Waals surface area contributed by atoms with Crippen molar-refractivity contribution in [3.8, 4) is 0 Å². The summed E-state index contributed by atoms with van der Waals surface area (Å²) in [6.07, 6.45) is 1.09. The van der Waals surface area contributed by atoms with Crippen LogP contribution in [0.1, 0.15) is 35.1 Å². The molecule has 1 aromatic heterocycles. The monoisotopic (exact) mass is 272 g/mol. The number of hydrogen-bond acceptors (Lipinski definition) is 5. The van der Waals surface area contributed by atoms with E-state index in [-0.39, 0.29) is 6.61 Å². The van der Waals surface area contributed by atoms with Crippen LogP contribution in [0.25, 0.3) is 0 Å². The number of carbonyl (C=O) groups excluding carboxylic acids is 1. The Kier molecular flexibility index (Phi) is 5.73. The number of aromatic nitrogens is 1. The number of hydrogen-bond donors (Lipinski definition) is 2. The predicted molar refractivity (Wildman–Crippen MR) is 66.6 cm³/mol. The van der Waals surface area contributed by atoms with Crippen molar-refractivity contribution in [3.63, 3.8) is 0 Å². The molecular weight excluding hydrogens is 256 g/mol. The zero-order valence-electron chi connectivity index (χ0n) is 10.3. The minimum Gasteiger partial charge on any atom is -0.480 e. The topological polar surface area (TPSA) is 88.5 Å². The van der Waals surface area contributed by atoms with Crippen LogP contribution in [0.3, 0.4) is 0 Å². The zero-order valence-corrected chi connectivity index (χ0v) is 11.1. The van der Waals surface area contributed by atoms with Gasteiger partial charge >= 0.3 is 5.97 Å². The molecule has 1 amide bonds. The number of nitrogens with one attached hydrogen (secondary N) is 1. The van der Waals surface area contributed by atoms with E-state index < -0.39 is 17.9 Å². The lowest BCUT2D eigenvalue weighted by atomic mass is 10.1. The molecule has 6 nitrogen and oxygen atoms in total. The Morgan fingerprint density at radius 1 is 1.61 bits per heavy atom. The molecular formula is C11H16N2O4S. The maximum absolute atomic E-state index is 11.9. The minimum absolute atomic E-state index is 0.234. The van der Waals surface area contributed by atoms with Crippen LogP contribution >= 0.6 is 11.3 Å². The number of ether oxygens (including phenoxy) is 1. The molecule has 7 heteroatoms. The van der Waals surface area contributed by atoms with Crippen LogP contribution in [0.4, 0.5) is 0 Å². The molecule has 2 N–H and O–H groups in total. The summed E-state index contributed by atoms with van der Waals surface area (Å²) in [6.45, 7) is 2.10. The molecule has 0 saturated heterocycles. The van der Waals surface area contributed by atoms with Gasteiger partial charge in [-0.25, -0.2) is 9.78 Å². The van der Waals surface area contributed by atoms with E-state index >= 15 is 0 Å². The molecule has 1 rings (SSSR count). The molecule has 1 unspecified atom stereocenters. The van der Waals surface area contributed by atoms with E-state index in [1.807, 2.05) is 6.92 Å². The van der Waals surface area contributed by atoms with Gasteiger partial charge in [-0.15, -0.1) is 11.3 Å². The number of rotatable bonds is 7. The molecule has 0 aromatic carbocycles. The molecule has 1 heterocycles. The largest absolute Gasteiger partial charge is 0.480 e. The predicted octanol–water partition coefficient (Wildman–Crippen LogP) is 1.27. The number of thiazole rings is 1. The number of carbonyl (C=O) groups is 2. The van der Waals surface area contributed by atoms with Crippen LogP contribution in [-0.2, 0) is 16.1 Å². The Balaban J connectivity index is 2.74. The fourth-order valence-corrected chi connectivity index (χ4v) is 2.16. The highest BCUT2D eigenvalue weighted by molar-refractivity contribution is 7.11. The maximum Gasteiger partial charge on any atom is 0.326 e. The second-order valence-corrected chi connectivity index (χ2v) is 4.57. The van der Waals surface area contributed by atoms with Gasteiger partial charge in [0.05, 0.1) is 17.8 Å². The number of aliphatic carboxylic acids is 1. The van der Waals surface area contributed by atoms with Crippen molar-refractivity contribution in [2.24, 2.45) is 0 Å². The van der Waals surface area contributed by atoms with Crippen molar-refractivity contribution in [3.05, 3.63) is 16.1 Å². The van der Waals surface area contributed by atoms with Gasteiger partial charge in [0.1, 0.15) is 10.9 Å². The molecule has 0 bridgehead atoms. The van der Waals surface area contributed by atoms with Gasteiger partial charge in [-0.3, -0.25) is 4.79 Å². The quantitative estimate of drug-likeness (QED) is 0.780. The normalized spacial score (nSPS) is 12.1. The highest BCUT2D eigenvalue weighted by atomic mass is 32.1. The van der Waals surface area contributed by atoms with Crippen LogP contribution in [0.2, 0.25) is 0 Å². The van der Waals surface area contributed by atoms with Gasteiger partial charge in [-0.1, -0.05) is 13.3 Å². The van der Waals surface area contributed by atoms with Crippen LogP contribution in [0, 0.1) is 0 Å². The van der Waals surface area contributed by atoms with Gasteiger partial charge < -0.3 is 15.2 Å². The smallest absolute Gasteiger partial charge is 0.326 e. The fraction of sp³-hybridized carbons (Fsp3) is 0.545. The molecule has 0 spiro atoms. The van der Waals surface area contributed by atoms with Crippen molar-refractivity contribution >= 4 is 23.2 Å². The van der Waals surface area contributed by atoms with Gasteiger partial charge in [-0.2, -0.15) is 0 Å². The lowest BCUT2D eigenvalue weighted by Crippen LogP contribution is -2.40. The maximum atomic E-state index is 11.9. The molecule has 0 radical (unpaired) electrons. The zero-order chi connectivity index (χ0) is 13.5. The second kappa shape index (κ2) is 7.07. The summed E-state index contributed by atoms with van der Waals surface area (Å²) in [6, 6.07) is -0.861. The van der Waals surface area contributed by atoms with Crippen molar-refractivity contribution in [1.82, 2.24) is 10.3 Å². The number of carboxylic acids is 1. The SMILES string of the molecule is CCCC(NC(=O)c1scnc1COC)C(=O)O. The first kappa shape index (κ1) is 14.6. The first-order valence-corrected chi connectivity index (χ1v) is 6.43. The van der Waals surface area contributed by atoms with Crippen LogP contribution in [-0.4, -0.2) is 35.1 Å². The van der Waals surface area contributed by atoms with E-state index in [1.54, 1.807) is 5.51 Å². The third-order valence-electron chi connectivity index (χ3n) is 2.31. The van der Waals surface area contributed by atoms with Crippen molar-refractivity contribution in [2.75, 3.05) is 7.11 Å². The molecule has 0 fully saturated rings. The molecule has 1 atom stereocenters. The highest BCUT2D eigenvalue weighted by Gasteiger charge is 2.22. The van der Waals surface area contributed by atoms with E-state index in [1.165, 1.54) is 18.4 Å². The van der Waals surface area contributed by atoms with E-state index in [0.29, 0.717) is 23.4 Å². The second-order valence-electron chi connectivity index (χ2n) is 3.71. The van der Waals surface area contributed by atoms with Gasteiger partial charge in [-0.05, 0) is 6.42 Å².